The highest BCUT2D eigenvalue weighted by atomic mass is 79.9. The summed E-state index contributed by atoms with van der Waals surface area (Å²) in [7, 11) is -5.15. The lowest BCUT2D eigenvalue weighted by atomic mass is 10.00. The average Bonchev–Trinajstić information content (AvgIpc) is 0.991. The fourth-order valence-electron chi connectivity index (χ4n) is 16.0. The number of carboxylic acids is 3. The van der Waals surface area contributed by atoms with Crippen LogP contribution in [0.5, 0.6) is 5.75 Å². The van der Waals surface area contributed by atoms with Crippen LogP contribution < -0.4 is 91.2 Å². The molecule has 0 spiro atoms. The molecule has 47 heteroatoms. The first kappa shape index (κ1) is 119. The molecule has 2 aliphatic rings. The van der Waals surface area contributed by atoms with Gasteiger partial charge in [-0.3, -0.25) is 106 Å². The molecule has 0 aromatic heterocycles. The lowest BCUT2D eigenvalue weighted by molar-refractivity contribution is -0.140. The number of aromatic hydroxyl groups is 1. The molecule has 0 unspecified atom stereocenters. The van der Waals surface area contributed by atoms with Gasteiger partial charge in [0.25, 0.3) is 10.1 Å². The van der Waals surface area contributed by atoms with Crippen molar-refractivity contribution in [1.82, 2.24) is 99.4 Å². The maximum absolute atomic E-state index is 15.4. The minimum atomic E-state index is -5.15. The number of phenolic OH excluding ortho intramolecular Hbond substituents is 1. The van der Waals surface area contributed by atoms with Crippen LogP contribution in [0.25, 0.3) is 10.8 Å². The Morgan fingerprint density at radius 1 is 0.465 bits per heavy atom. The summed E-state index contributed by atoms with van der Waals surface area (Å²) in [6.45, 7) is 7.85. The van der Waals surface area contributed by atoms with E-state index in [0.717, 1.165) is 20.8 Å². The number of carbonyl (C=O) groups is 16. The molecule has 2 saturated heterocycles. The summed E-state index contributed by atoms with van der Waals surface area (Å²) in [6, 6.07) is 10.2. The summed E-state index contributed by atoms with van der Waals surface area (Å²) in [4.78, 5) is 232. The second kappa shape index (κ2) is 63.0. The summed E-state index contributed by atoms with van der Waals surface area (Å²) in [5.41, 5.74) is 13.5. The van der Waals surface area contributed by atoms with Crippen LogP contribution in [0.3, 0.4) is 0 Å². The molecule has 2 aliphatic heterocycles. The Hall–Kier alpha value is -12.1. The standard InChI is InChI=1S/C95H145BrN22O23S/c1-60(2)100-39-12-8-21-70(85(97)129)108-91(135)75-37-38-80(121)106-72(88(132)113-76(53-64-30-35-69(119)36-31-64)93(137)112-73(24-9-13-40-101-61(3)4)89(133)111-74(25-17-43-104-95(98)99)90(134)114-77(92(136)105-62(5)86(130)109-75)54-65-27-32-66-19-6-7-20-67(66)52-65)23-11-15-42-103-87(131)71(22-10-14-41-102-79(120)26-16-18-63-28-33-68(96)34-29-63)110-94(138)78(59-142(139,140)141)107-81(122)55-115-44-46-116(56-82(123)124)48-50-118(58-84(127)128)51-49-117(47-45-115)57-83(125)126/h6-7,19-20,27-36,52,60-62,70-78,100-101,119H,8-18,21-26,37-51,53-59H2,1-5H3,(H2,97,129)(H,102,120)(H,103,131)(H,105,136)(H,106,121)(H,107,122)(H,108,135)(H,109,130)(H,110,138)(H,111,133)(H,112,137)(H,113,132)(H,114,134)(H,123,124)(H,125,126)(H,127,128)(H4,98,99,104)(H,139,140,141)/t62-,70+,71+,72+,73+,74-,75-,76+,77+,78+/m1/s1. The van der Waals surface area contributed by atoms with E-state index >= 15 is 19.2 Å². The smallest absolute Gasteiger partial charge is 0.317 e. The van der Waals surface area contributed by atoms with Crippen LogP contribution in [-0.2, 0) is 106 Å². The fourth-order valence-corrected chi connectivity index (χ4v) is 16.9. The molecule has 0 bridgehead atoms. The number of carboxylic acid groups (broad SMARTS) is 3. The van der Waals surface area contributed by atoms with E-state index in [1.807, 2.05) is 82.3 Å². The highest BCUT2D eigenvalue weighted by molar-refractivity contribution is 9.10. The van der Waals surface area contributed by atoms with Crippen molar-refractivity contribution in [2.24, 2.45) is 11.5 Å². The van der Waals surface area contributed by atoms with Crippen LogP contribution in [-0.4, -0.2) is 343 Å². The third kappa shape index (κ3) is 48.1. The summed E-state index contributed by atoms with van der Waals surface area (Å²) >= 11 is 3.41. The zero-order valence-electron chi connectivity index (χ0n) is 81.5. The number of aryl methyl sites for hydroxylation is 1. The largest absolute Gasteiger partial charge is 0.508 e. The highest BCUT2D eigenvalue weighted by Gasteiger charge is 2.38. The Morgan fingerprint density at radius 2 is 0.915 bits per heavy atom. The van der Waals surface area contributed by atoms with Crippen molar-refractivity contribution in [2.45, 2.75) is 242 Å². The number of primary amides is 1. The number of hydrogen-bond donors (Lipinski definition) is 23. The van der Waals surface area contributed by atoms with Crippen molar-refractivity contribution in [1.29, 1.82) is 5.41 Å². The topological polar surface area (TPSA) is 678 Å². The predicted molar refractivity (Wildman–Crippen MR) is 532 cm³/mol. The highest BCUT2D eigenvalue weighted by Crippen LogP contribution is 2.21. The minimum Gasteiger partial charge on any atom is -0.508 e. The van der Waals surface area contributed by atoms with Gasteiger partial charge in [0.05, 0.1) is 26.2 Å². The Bertz CT molecular complexity index is 4920. The maximum Gasteiger partial charge on any atom is 0.317 e. The first-order chi connectivity index (χ1) is 67.4. The molecule has 10 atom stereocenters. The van der Waals surface area contributed by atoms with Gasteiger partial charge in [0.15, 0.2) is 5.96 Å². The number of benzene rings is 4. The Balaban J connectivity index is 1.37. The van der Waals surface area contributed by atoms with Crippen LogP contribution in [0.15, 0.2) is 95.5 Å². The van der Waals surface area contributed by atoms with Crippen molar-refractivity contribution in [3.05, 3.63) is 112 Å². The number of rotatable bonds is 51. The van der Waals surface area contributed by atoms with E-state index < -0.39 is 210 Å². The molecule has 25 N–H and O–H groups in total. The summed E-state index contributed by atoms with van der Waals surface area (Å²) in [6.07, 6.45) is 0.840. The van der Waals surface area contributed by atoms with Crippen molar-refractivity contribution in [3.8, 4) is 5.75 Å². The van der Waals surface area contributed by atoms with Crippen LogP contribution in [0, 0.1) is 5.41 Å². The lowest BCUT2D eigenvalue weighted by Crippen LogP contribution is -2.60. The molecule has 2 heterocycles. The van der Waals surface area contributed by atoms with Gasteiger partial charge in [-0.25, -0.2) is 0 Å². The normalized spacial score (nSPS) is 19.4. The molecule has 2 fully saturated rings. The third-order valence-electron chi connectivity index (χ3n) is 23.7. The average molecular weight is 2080 g/mol. The first-order valence-electron chi connectivity index (χ1n) is 48.3. The van der Waals surface area contributed by atoms with Gasteiger partial charge in [-0.05, 0) is 181 Å². The van der Waals surface area contributed by atoms with E-state index in [2.05, 4.69) is 95.7 Å². The number of carbonyl (C=O) groups excluding carboxylic acids is 13. The van der Waals surface area contributed by atoms with Crippen molar-refractivity contribution >= 4 is 137 Å². The number of nitrogens with zero attached hydrogens (tertiary/aromatic N) is 4. The molecule has 142 heavy (non-hydrogen) atoms. The number of unbranched alkanes of at least 4 members (excludes halogenated alkanes) is 4. The van der Waals surface area contributed by atoms with E-state index in [1.165, 1.54) is 50.8 Å². The predicted octanol–water partition coefficient (Wildman–Crippen LogP) is -1.20. The molecule has 13 amide bonds. The Morgan fingerprint density at radius 3 is 1.44 bits per heavy atom. The number of phenols is 1. The van der Waals surface area contributed by atoms with E-state index in [4.69, 9.17) is 16.9 Å². The molecule has 4 aromatic carbocycles. The van der Waals surface area contributed by atoms with Gasteiger partial charge in [-0.1, -0.05) is 110 Å². The van der Waals surface area contributed by atoms with Crippen molar-refractivity contribution in [3.63, 3.8) is 0 Å². The Kier molecular flexibility index (Phi) is 52.6. The summed E-state index contributed by atoms with van der Waals surface area (Å²) in [5, 5.41) is 90.6. The zero-order chi connectivity index (χ0) is 104. The molecule has 0 radical (unpaired) electrons. The van der Waals surface area contributed by atoms with Crippen molar-refractivity contribution in [2.75, 3.05) is 117 Å². The van der Waals surface area contributed by atoms with Crippen molar-refractivity contribution < 1.29 is 110 Å². The number of hydrogen-bond acceptors (Lipinski definition) is 26. The van der Waals surface area contributed by atoms with Crippen LogP contribution in [0.4, 0.5) is 0 Å². The number of guanidine groups is 1. The van der Waals surface area contributed by atoms with E-state index in [1.54, 1.807) is 12.1 Å². The zero-order valence-corrected chi connectivity index (χ0v) is 83.9. The monoisotopic (exact) mass is 2070 g/mol. The van der Waals surface area contributed by atoms with E-state index in [9.17, 15) is 90.9 Å². The quantitative estimate of drug-likeness (QED) is 0.0107. The molecule has 6 rings (SSSR count). The molecular formula is C95H145BrN22O23S. The number of amides is 13. The van der Waals surface area contributed by atoms with Gasteiger partial charge in [-0.2, -0.15) is 8.42 Å². The minimum absolute atomic E-state index is 0.0257. The number of nitrogens with two attached hydrogens (primary N) is 2. The van der Waals surface area contributed by atoms with Gasteiger partial charge in [0.2, 0.25) is 76.8 Å². The molecular weight excluding hydrogens is 1930 g/mol. The number of fused-ring (bicyclic) bond motifs is 1. The van der Waals surface area contributed by atoms with Gasteiger partial charge in [0, 0.05) is 114 Å². The SMILES string of the molecule is CC(C)NCCCC[C@H](NC(=O)[C@H]1CCC(=O)N[C@@H](CCCCNC(=O)[C@H](CCCCNC(=O)CCCc2ccc(Br)cc2)NC(=O)[C@H](CS(=O)(=O)O)NC(=O)CN2CCN(CC(=O)O)CCN(CC(=O)O)CCN(CC(=O)O)CC2)C(=O)N[C@@H](Cc2ccc(O)cc2)C(=O)N[C@@H](CCCCNC(C)C)C(=O)N[C@H](CCCNC(=N)N)C(=O)N[C@@H](Cc2ccc3ccccc3c2)C(=O)N[C@H](C)C(=O)N1)C(N)=O. The number of nitrogens with one attached hydrogen (secondary N) is 16. The van der Waals surface area contributed by atoms with Gasteiger partial charge in [0.1, 0.15) is 71.9 Å². The lowest BCUT2D eigenvalue weighted by Gasteiger charge is -2.33. The molecule has 45 nitrogen and oxygen atoms in total. The summed E-state index contributed by atoms with van der Waals surface area (Å²) < 4.78 is 36.8. The van der Waals surface area contributed by atoms with E-state index in [0.29, 0.717) is 62.7 Å². The first-order valence-corrected chi connectivity index (χ1v) is 50.7. The second-order valence-corrected chi connectivity index (χ2v) is 38.8. The molecule has 0 saturated carbocycles. The molecule has 0 aliphatic carbocycles. The summed E-state index contributed by atoms with van der Waals surface area (Å²) in [5.74, 6) is -17.6. The number of halogens is 1. The fraction of sp³-hybridized carbons (Fsp3) is 0.589. The van der Waals surface area contributed by atoms with Crippen LogP contribution in [0.2, 0.25) is 0 Å². The second-order valence-electron chi connectivity index (χ2n) is 36.4. The maximum atomic E-state index is 15.4. The third-order valence-corrected chi connectivity index (χ3v) is 25.0. The molecule has 786 valence electrons. The van der Waals surface area contributed by atoms with Gasteiger partial charge < -0.3 is 112 Å². The molecule has 4 aromatic rings. The Labute approximate surface area is 836 Å². The van der Waals surface area contributed by atoms with Gasteiger partial charge in [-0.15, -0.1) is 0 Å². The van der Waals surface area contributed by atoms with Crippen LogP contribution in [0.1, 0.15) is 167 Å². The van der Waals surface area contributed by atoms with E-state index in [-0.39, 0.29) is 179 Å². The number of aliphatic carboxylic acids is 3. The van der Waals surface area contributed by atoms with Gasteiger partial charge >= 0.3 is 17.9 Å². The van der Waals surface area contributed by atoms with Crippen LogP contribution >= 0.6 is 15.9 Å².